The third-order valence-electron chi connectivity index (χ3n) is 5.87. The second-order valence-corrected chi connectivity index (χ2v) is 10.6. The summed E-state index contributed by atoms with van der Waals surface area (Å²) in [5.41, 5.74) is 1.71. The maximum absolute atomic E-state index is 13.0. The van der Waals surface area contributed by atoms with Crippen LogP contribution >= 0.6 is 0 Å². The highest BCUT2D eigenvalue weighted by Crippen LogP contribution is 2.26. The van der Waals surface area contributed by atoms with Crippen LogP contribution in [0.3, 0.4) is 0 Å². The molecule has 1 saturated heterocycles. The molecule has 2 amide bonds. The number of hydrogen-bond donors (Lipinski definition) is 2. The van der Waals surface area contributed by atoms with Crippen molar-refractivity contribution in [2.45, 2.75) is 44.4 Å². The summed E-state index contributed by atoms with van der Waals surface area (Å²) in [6, 6.07) is 13.8. The van der Waals surface area contributed by atoms with Crippen LogP contribution in [-0.4, -0.2) is 50.8 Å². The van der Waals surface area contributed by atoms with Crippen molar-refractivity contribution >= 4 is 27.5 Å². The van der Waals surface area contributed by atoms with Gasteiger partial charge in [0, 0.05) is 31.2 Å². The quantitative estimate of drug-likeness (QED) is 0.564. The number of carbonyl (C=O) groups is 2. The van der Waals surface area contributed by atoms with Gasteiger partial charge in [0.15, 0.2) is 6.61 Å². The van der Waals surface area contributed by atoms with Gasteiger partial charge in [-0.1, -0.05) is 26.0 Å². The molecule has 8 nitrogen and oxygen atoms in total. The van der Waals surface area contributed by atoms with Gasteiger partial charge in [-0.2, -0.15) is 4.31 Å². The van der Waals surface area contributed by atoms with E-state index in [1.165, 1.54) is 4.31 Å². The van der Waals surface area contributed by atoms with E-state index < -0.39 is 10.0 Å². The third-order valence-corrected chi connectivity index (χ3v) is 7.79. The zero-order chi connectivity index (χ0) is 24.7. The maximum Gasteiger partial charge on any atom is 0.257 e. The van der Waals surface area contributed by atoms with Crippen molar-refractivity contribution in [3.63, 3.8) is 0 Å². The third kappa shape index (κ3) is 6.57. The van der Waals surface area contributed by atoms with Crippen molar-refractivity contribution in [1.29, 1.82) is 0 Å². The first-order chi connectivity index (χ1) is 16.2. The molecule has 1 aliphatic heterocycles. The van der Waals surface area contributed by atoms with Gasteiger partial charge < -0.3 is 15.4 Å². The lowest BCUT2D eigenvalue weighted by Gasteiger charge is -2.30. The van der Waals surface area contributed by atoms with E-state index in [1.54, 1.807) is 36.4 Å². The molecule has 3 rings (SSSR count). The van der Waals surface area contributed by atoms with Crippen molar-refractivity contribution in [1.82, 2.24) is 9.62 Å². The number of piperidine rings is 1. The molecule has 0 bridgehead atoms. The van der Waals surface area contributed by atoms with E-state index in [0.29, 0.717) is 49.8 Å². The molecular formula is C25H33N3O5S. The van der Waals surface area contributed by atoms with Gasteiger partial charge in [-0.15, -0.1) is 0 Å². The van der Waals surface area contributed by atoms with E-state index in [0.717, 1.165) is 5.56 Å². The number of ether oxygens (including phenoxy) is 1. The Balaban J connectivity index is 1.51. The highest BCUT2D eigenvalue weighted by molar-refractivity contribution is 7.89. The Morgan fingerprint density at radius 3 is 2.21 bits per heavy atom. The van der Waals surface area contributed by atoms with Crippen LogP contribution < -0.4 is 15.4 Å². The van der Waals surface area contributed by atoms with Gasteiger partial charge in [0.05, 0.1) is 4.90 Å². The van der Waals surface area contributed by atoms with Crippen LogP contribution in [0.2, 0.25) is 0 Å². The summed E-state index contributed by atoms with van der Waals surface area (Å²) in [4.78, 5) is 24.5. The summed E-state index contributed by atoms with van der Waals surface area (Å²) in [6.45, 7) is 7.06. The van der Waals surface area contributed by atoms with E-state index in [2.05, 4.69) is 24.5 Å². The lowest BCUT2D eigenvalue weighted by Crippen LogP contribution is -2.41. The number of nitrogens with one attached hydrogen (secondary N) is 2. The van der Waals surface area contributed by atoms with Gasteiger partial charge in [0.1, 0.15) is 5.75 Å². The average molecular weight is 488 g/mol. The van der Waals surface area contributed by atoms with Gasteiger partial charge >= 0.3 is 0 Å². The maximum atomic E-state index is 13.0. The first-order valence-corrected chi connectivity index (χ1v) is 13.0. The van der Waals surface area contributed by atoms with E-state index in [1.807, 2.05) is 19.1 Å². The summed E-state index contributed by atoms with van der Waals surface area (Å²) >= 11 is 0. The number of nitrogens with zero attached hydrogens (tertiary/aromatic N) is 1. The van der Waals surface area contributed by atoms with Crippen molar-refractivity contribution in [3.05, 3.63) is 54.1 Å². The standard InChI is InChI=1S/C25H33N3O5S/c1-4-26-24(29)17-33-22-9-7-21(8-10-22)27-25(30)20-13-15-28(16-14-20)34(31,32)23-11-5-19(6-12-23)18(2)3/h5-12,18,20H,4,13-17H2,1-3H3,(H,26,29)(H,27,30). The van der Waals surface area contributed by atoms with E-state index in [-0.39, 0.29) is 29.2 Å². The van der Waals surface area contributed by atoms with Crippen molar-refractivity contribution in [2.75, 3.05) is 31.6 Å². The smallest absolute Gasteiger partial charge is 0.257 e. The number of carbonyl (C=O) groups excluding carboxylic acids is 2. The van der Waals surface area contributed by atoms with Crippen LogP contribution in [0.1, 0.15) is 45.1 Å². The molecule has 2 aromatic rings. The number of hydrogen-bond acceptors (Lipinski definition) is 5. The van der Waals surface area contributed by atoms with Crippen molar-refractivity contribution in [2.24, 2.45) is 5.92 Å². The SMILES string of the molecule is CCNC(=O)COc1ccc(NC(=O)C2CCN(S(=O)(=O)c3ccc(C(C)C)cc3)CC2)cc1. The number of anilines is 1. The Morgan fingerprint density at radius 2 is 1.65 bits per heavy atom. The molecule has 1 fully saturated rings. The molecule has 0 spiro atoms. The van der Waals surface area contributed by atoms with Crippen LogP contribution in [0.4, 0.5) is 5.69 Å². The monoisotopic (exact) mass is 487 g/mol. The fourth-order valence-electron chi connectivity index (χ4n) is 3.81. The Bertz CT molecular complexity index is 1070. The summed E-state index contributed by atoms with van der Waals surface area (Å²) in [5.74, 6) is 0.282. The normalized spacial score (nSPS) is 15.2. The molecule has 0 radical (unpaired) electrons. The molecule has 184 valence electrons. The average Bonchev–Trinajstić information content (AvgIpc) is 2.84. The van der Waals surface area contributed by atoms with E-state index in [9.17, 15) is 18.0 Å². The van der Waals surface area contributed by atoms with Crippen LogP contribution in [0.15, 0.2) is 53.4 Å². The molecule has 34 heavy (non-hydrogen) atoms. The Hall–Kier alpha value is -2.91. The molecule has 0 unspecified atom stereocenters. The van der Waals surface area contributed by atoms with Crippen LogP contribution in [0, 0.1) is 5.92 Å². The molecule has 9 heteroatoms. The fraction of sp³-hybridized carbons (Fsp3) is 0.440. The molecule has 2 N–H and O–H groups in total. The molecule has 0 aliphatic carbocycles. The zero-order valence-corrected chi connectivity index (χ0v) is 20.7. The highest BCUT2D eigenvalue weighted by Gasteiger charge is 2.32. The van der Waals surface area contributed by atoms with Gasteiger partial charge in [0.25, 0.3) is 5.91 Å². The second-order valence-electron chi connectivity index (χ2n) is 8.66. The molecule has 0 aromatic heterocycles. The molecule has 2 aromatic carbocycles. The second kappa shape index (κ2) is 11.5. The minimum Gasteiger partial charge on any atom is -0.484 e. The minimum atomic E-state index is -3.57. The predicted molar refractivity (Wildman–Crippen MR) is 131 cm³/mol. The zero-order valence-electron chi connectivity index (χ0n) is 19.9. The Kier molecular flexibility index (Phi) is 8.68. The summed E-state index contributed by atoms with van der Waals surface area (Å²) in [6.07, 6.45) is 0.922. The summed E-state index contributed by atoms with van der Waals surface area (Å²) < 4.78 is 32.8. The van der Waals surface area contributed by atoms with Gasteiger partial charge in [-0.05, 0) is 67.6 Å². The molecule has 0 saturated carbocycles. The van der Waals surface area contributed by atoms with Gasteiger partial charge in [0.2, 0.25) is 15.9 Å². The highest BCUT2D eigenvalue weighted by atomic mass is 32.2. The molecule has 1 heterocycles. The lowest BCUT2D eigenvalue weighted by molar-refractivity contribution is -0.123. The van der Waals surface area contributed by atoms with Crippen LogP contribution in [-0.2, 0) is 19.6 Å². The molecule has 0 atom stereocenters. The number of sulfonamides is 1. The summed E-state index contributed by atoms with van der Waals surface area (Å²) in [5, 5.41) is 5.54. The van der Waals surface area contributed by atoms with Gasteiger partial charge in [-0.3, -0.25) is 9.59 Å². The first-order valence-electron chi connectivity index (χ1n) is 11.6. The topological polar surface area (TPSA) is 105 Å². The van der Waals surface area contributed by atoms with E-state index in [4.69, 9.17) is 4.74 Å². The van der Waals surface area contributed by atoms with Gasteiger partial charge in [-0.25, -0.2) is 8.42 Å². The lowest BCUT2D eigenvalue weighted by atomic mass is 9.97. The Morgan fingerprint density at radius 1 is 1.03 bits per heavy atom. The number of amides is 2. The van der Waals surface area contributed by atoms with Crippen LogP contribution in [0.5, 0.6) is 5.75 Å². The molecular weight excluding hydrogens is 454 g/mol. The Labute approximate surface area is 201 Å². The summed E-state index contributed by atoms with van der Waals surface area (Å²) in [7, 11) is -3.57. The van der Waals surface area contributed by atoms with Crippen molar-refractivity contribution < 1.29 is 22.7 Å². The fourth-order valence-corrected chi connectivity index (χ4v) is 5.28. The minimum absolute atomic E-state index is 0.0666. The molecule has 1 aliphatic rings. The number of rotatable bonds is 9. The number of likely N-dealkylation sites (N-methyl/N-ethyl adjacent to an activating group) is 1. The largest absolute Gasteiger partial charge is 0.484 e. The van der Waals surface area contributed by atoms with E-state index >= 15 is 0 Å². The number of benzene rings is 2. The first kappa shape index (κ1) is 25.7. The predicted octanol–water partition coefficient (Wildman–Crippen LogP) is 3.36. The van der Waals surface area contributed by atoms with Crippen molar-refractivity contribution in [3.8, 4) is 5.75 Å². The van der Waals surface area contributed by atoms with Crippen LogP contribution in [0.25, 0.3) is 0 Å².